The van der Waals surface area contributed by atoms with Gasteiger partial charge in [-0.25, -0.2) is 9.48 Å². The van der Waals surface area contributed by atoms with E-state index < -0.39 is 12.0 Å². The maximum Gasteiger partial charge on any atom is 0.338 e. The number of carbonyl (C=O) groups excluding carboxylic acids is 1. The Kier molecular flexibility index (Phi) is 5.60. The van der Waals surface area contributed by atoms with E-state index in [0.717, 1.165) is 5.56 Å². The first kappa shape index (κ1) is 18.7. The van der Waals surface area contributed by atoms with Gasteiger partial charge in [0.25, 0.3) is 0 Å². The van der Waals surface area contributed by atoms with Crippen molar-refractivity contribution in [1.29, 1.82) is 0 Å². The fourth-order valence-corrected chi connectivity index (χ4v) is 3.05. The van der Waals surface area contributed by atoms with Crippen molar-refractivity contribution in [2.75, 3.05) is 39.9 Å². The van der Waals surface area contributed by atoms with E-state index in [9.17, 15) is 4.79 Å². The number of anilines is 1. The molecule has 0 saturated heterocycles. The Labute approximate surface area is 156 Å². The van der Waals surface area contributed by atoms with Gasteiger partial charge < -0.3 is 24.3 Å². The van der Waals surface area contributed by atoms with E-state index in [-0.39, 0.29) is 13.2 Å². The first-order valence-corrected chi connectivity index (χ1v) is 8.42. The second-order valence-corrected chi connectivity index (χ2v) is 5.72. The average molecular weight is 374 g/mol. The Balaban J connectivity index is 2.18. The minimum atomic E-state index is -0.548. The molecule has 1 N–H and O–H groups in total. The summed E-state index contributed by atoms with van der Waals surface area (Å²) in [5, 5.41) is 7.39. The highest BCUT2D eigenvalue weighted by molar-refractivity contribution is 5.92. The summed E-state index contributed by atoms with van der Waals surface area (Å²) in [6.07, 6.45) is 1.43. The Morgan fingerprint density at radius 1 is 1.22 bits per heavy atom. The van der Waals surface area contributed by atoms with Crippen LogP contribution in [-0.4, -0.2) is 55.3 Å². The summed E-state index contributed by atoms with van der Waals surface area (Å²) < 4.78 is 22.9. The van der Waals surface area contributed by atoms with Crippen LogP contribution in [0.25, 0.3) is 0 Å². The molecule has 1 aliphatic rings. The van der Waals surface area contributed by atoms with Crippen LogP contribution < -0.4 is 14.8 Å². The first-order valence-electron chi connectivity index (χ1n) is 8.42. The van der Waals surface area contributed by atoms with Gasteiger partial charge in [-0.05, 0) is 24.6 Å². The Morgan fingerprint density at radius 3 is 2.67 bits per heavy atom. The topological polar surface area (TPSA) is 96.7 Å². The molecule has 0 bridgehead atoms. The third kappa shape index (κ3) is 3.45. The number of benzene rings is 1. The van der Waals surface area contributed by atoms with Gasteiger partial charge in [-0.15, -0.1) is 0 Å². The third-order valence-corrected chi connectivity index (χ3v) is 4.19. The Bertz CT molecular complexity index is 861. The van der Waals surface area contributed by atoms with Crippen LogP contribution in [0.3, 0.4) is 0 Å². The predicted octanol–water partition coefficient (Wildman–Crippen LogP) is 1.77. The fraction of sp³-hybridized carbons (Fsp3) is 0.389. The van der Waals surface area contributed by atoms with E-state index in [1.165, 1.54) is 6.33 Å². The number of nitrogens with one attached hydrogen (secondary N) is 1. The predicted molar refractivity (Wildman–Crippen MR) is 96.9 cm³/mol. The quantitative estimate of drug-likeness (QED) is 0.733. The second kappa shape index (κ2) is 8.09. The molecular formula is C18H22N4O5. The molecule has 9 nitrogen and oxygen atoms in total. The Hall–Kier alpha value is -3.07. The number of carbonyl (C=O) groups is 1. The summed E-state index contributed by atoms with van der Waals surface area (Å²) in [6.45, 7) is 2.22. The molecule has 0 fully saturated rings. The highest BCUT2D eigenvalue weighted by Gasteiger charge is 2.36. The van der Waals surface area contributed by atoms with Crippen molar-refractivity contribution < 1.29 is 23.7 Å². The molecule has 0 radical (unpaired) electrons. The molecule has 1 aromatic carbocycles. The number of fused-ring (bicyclic) bond motifs is 1. The van der Waals surface area contributed by atoms with Crippen molar-refractivity contribution in [2.24, 2.45) is 0 Å². The fourth-order valence-electron chi connectivity index (χ4n) is 3.05. The van der Waals surface area contributed by atoms with E-state index in [4.69, 9.17) is 18.9 Å². The lowest BCUT2D eigenvalue weighted by molar-refractivity contribution is -0.139. The highest BCUT2D eigenvalue weighted by Crippen LogP contribution is 2.38. The number of aromatic nitrogens is 3. The smallest absolute Gasteiger partial charge is 0.338 e. The zero-order valence-corrected chi connectivity index (χ0v) is 15.7. The van der Waals surface area contributed by atoms with Crippen LogP contribution in [0.5, 0.6) is 11.5 Å². The lowest BCUT2D eigenvalue weighted by Gasteiger charge is -2.29. The molecule has 0 saturated carbocycles. The van der Waals surface area contributed by atoms with Gasteiger partial charge in [0, 0.05) is 7.11 Å². The van der Waals surface area contributed by atoms with Gasteiger partial charge in [0.2, 0.25) is 5.95 Å². The molecule has 0 unspecified atom stereocenters. The SMILES string of the molecule is CCOC(=O)C1=C(COC)Nc2ncnn2[C@@H]1c1ccc(OC)c(OC)c1. The summed E-state index contributed by atoms with van der Waals surface area (Å²) in [6, 6.07) is 4.90. The number of rotatable bonds is 7. The number of hydrogen-bond donors (Lipinski definition) is 1. The average Bonchev–Trinajstić information content (AvgIpc) is 3.15. The molecule has 0 aliphatic carbocycles. The third-order valence-electron chi connectivity index (χ3n) is 4.19. The summed E-state index contributed by atoms with van der Waals surface area (Å²) in [4.78, 5) is 17.0. The second-order valence-electron chi connectivity index (χ2n) is 5.72. The number of ether oxygens (including phenoxy) is 4. The Morgan fingerprint density at radius 2 is 2.00 bits per heavy atom. The zero-order valence-electron chi connectivity index (χ0n) is 15.7. The number of methoxy groups -OCH3 is 3. The van der Waals surface area contributed by atoms with E-state index in [2.05, 4.69) is 15.4 Å². The molecule has 1 atom stereocenters. The van der Waals surface area contributed by atoms with Crippen molar-refractivity contribution in [3.8, 4) is 11.5 Å². The normalized spacial score (nSPS) is 15.8. The van der Waals surface area contributed by atoms with Gasteiger partial charge >= 0.3 is 5.97 Å². The molecule has 0 amide bonds. The van der Waals surface area contributed by atoms with E-state index in [1.54, 1.807) is 39.0 Å². The molecule has 2 aromatic rings. The van der Waals surface area contributed by atoms with Crippen molar-refractivity contribution >= 4 is 11.9 Å². The standard InChI is InChI=1S/C18H22N4O5/c1-5-27-17(23)15-12(9-24-2)21-18-19-10-20-22(18)16(15)11-6-7-13(25-3)14(8-11)26-4/h6-8,10,16H,5,9H2,1-4H3,(H,19,20,21)/t16-/m1/s1. The van der Waals surface area contributed by atoms with Crippen molar-refractivity contribution in [1.82, 2.24) is 14.8 Å². The van der Waals surface area contributed by atoms with E-state index >= 15 is 0 Å². The molecular weight excluding hydrogens is 352 g/mol. The molecule has 144 valence electrons. The van der Waals surface area contributed by atoms with Crippen LogP contribution in [0.2, 0.25) is 0 Å². The number of hydrogen-bond acceptors (Lipinski definition) is 8. The molecule has 3 rings (SSSR count). The molecule has 1 aliphatic heterocycles. The van der Waals surface area contributed by atoms with Crippen LogP contribution in [0.4, 0.5) is 5.95 Å². The molecule has 2 heterocycles. The minimum absolute atomic E-state index is 0.199. The minimum Gasteiger partial charge on any atom is -0.493 e. The first-order chi connectivity index (χ1) is 13.1. The molecule has 1 aromatic heterocycles. The largest absolute Gasteiger partial charge is 0.493 e. The number of esters is 1. The van der Waals surface area contributed by atoms with Crippen LogP contribution in [0.1, 0.15) is 18.5 Å². The van der Waals surface area contributed by atoms with Crippen LogP contribution in [-0.2, 0) is 14.3 Å². The molecule has 27 heavy (non-hydrogen) atoms. The van der Waals surface area contributed by atoms with Crippen molar-refractivity contribution in [3.63, 3.8) is 0 Å². The van der Waals surface area contributed by atoms with Crippen molar-refractivity contribution in [2.45, 2.75) is 13.0 Å². The monoisotopic (exact) mass is 374 g/mol. The van der Waals surface area contributed by atoms with Gasteiger partial charge in [0.15, 0.2) is 11.5 Å². The molecule has 9 heteroatoms. The summed E-state index contributed by atoms with van der Waals surface area (Å²) in [5.41, 5.74) is 1.76. The summed E-state index contributed by atoms with van der Waals surface area (Å²) >= 11 is 0. The van der Waals surface area contributed by atoms with E-state index in [1.807, 2.05) is 12.1 Å². The summed E-state index contributed by atoms with van der Waals surface area (Å²) in [5.74, 6) is 1.20. The lowest BCUT2D eigenvalue weighted by Crippen LogP contribution is -2.31. The highest BCUT2D eigenvalue weighted by atomic mass is 16.5. The van der Waals surface area contributed by atoms with Gasteiger partial charge in [0.05, 0.1) is 38.7 Å². The zero-order chi connectivity index (χ0) is 19.4. The number of nitrogens with zero attached hydrogens (tertiary/aromatic N) is 3. The van der Waals surface area contributed by atoms with Crippen LogP contribution in [0, 0.1) is 0 Å². The van der Waals surface area contributed by atoms with Gasteiger partial charge in [-0.2, -0.15) is 10.1 Å². The lowest BCUT2D eigenvalue weighted by atomic mass is 9.95. The van der Waals surface area contributed by atoms with E-state index in [0.29, 0.717) is 28.7 Å². The van der Waals surface area contributed by atoms with Gasteiger partial charge in [0.1, 0.15) is 12.4 Å². The van der Waals surface area contributed by atoms with Gasteiger partial charge in [-0.1, -0.05) is 6.07 Å². The maximum atomic E-state index is 12.8. The van der Waals surface area contributed by atoms with Crippen LogP contribution >= 0.6 is 0 Å². The van der Waals surface area contributed by atoms with Crippen molar-refractivity contribution in [3.05, 3.63) is 41.4 Å². The maximum absolute atomic E-state index is 12.8. The van der Waals surface area contributed by atoms with Gasteiger partial charge in [-0.3, -0.25) is 0 Å². The summed E-state index contributed by atoms with van der Waals surface area (Å²) in [7, 11) is 4.68. The van der Waals surface area contributed by atoms with Crippen LogP contribution in [0.15, 0.2) is 35.8 Å². The molecule has 0 spiro atoms.